The number of aromatic amines is 1. The van der Waals surface area contributed by atoms with Gasteiger partial charge in [-0.1, -0.05) is 23.7 Å². The number of amides is 1. The minimum atomic E-state index is -0.517. The van der Waals surface area contributed by atoms with Crippen LogP contribution in [0.2, 0.25) is 5.02 Å². The fourth-order valence-electron chi connectivity index (χ4n) is 4.09. The zero-order valence-electron chi connectivity index (χ0n) is 18.9. The van der Waals surface area contributed by atoms with Crippen molar-refractivity contribution in [2.24, 2.45) is 0 Å². The Morgan fingerprint density at radius 2 is 1.76 bits per heavy atom. The number of carbonyl (C=O) groups excluding carboxylic acids is 2. The fraction of sp³-hybridized carbons (Fsp3) is 0.417. The van der Waals surface area contributed by atoms with Crippen molar-refractivity contribution < 1.29 is 14.3 Å². The lowest BCUT2D eigenvalue weighted by Crippen LogP contribution is -2.42. The number of nitrogens with zero attached hydrogens (tertiary/aromatic N) is 2. The van der Waals surface area contributed by atoms with Crippen molar-refractivity contribution in [3.8, 4) is 0 Å². The molecule has 0 radical (unpaired) electrons. The van der Waals surface area contributed by atoms with Gasteiger partial charge in [0.25, 0.3) is 0 Å². The summed E-state index contributed by atoms with van der Waals surface area (Å²) in [4.78, 5) is 37.0. The number of alkyl carbamates (subject to hydrolysis) is 1. The van der Waals surface area contributed by atoms with Gasteiger partial charge in [0.15, 0.2) is 5.78 Å². The number of anilines is 1. The van der Waals surface area contributed by atoms with E-state index in [4.69, 9.17) is 16.3 Å². The number of rotatable bonds is 5. The van der Waals surface area contributed by atoms with Gasteiger partial charge in [-0.2, -0.15) is 0 Å². The summed E-state index contributed by atoms with van der Waals surface area (Å²) >= 11 is 6.25. The molecule has 3 aromatic rings. The maximum Gasteiger partial charge on any atom is 0.407 e. The molecule has 0 aliphatic heterocycles. The minimum absolute atomic E-state index is 0.0768. The van der Waals surface area contributed by atoms with Crippen molar-refractivity contribution in [1.82, 2.24) is 20.3 Å². The van der Waals surface area contributed by atoms with Gasteiger partial charge < -0.3 is 20.4 Å². The molecular weight excluding hydrogens is 442 g/mol. The number of carbonyl (C=O) groups is 2. The Labute approximate surface area is 197 Å². The summed E-state index contributed by atoms with van der Waals surface area (Å²) in [5.41, 5.74) is 0.977. The van der Waals surface area contributed by atoms with Crippen LogP contribution in [0.25, 0.3) is 11.0 Å². The van der Waals surface area contributed by atoms with E-state index in [1.54, 1.807) is 30.5 Å². The second-order valence-corrected chi connectivity index (χ2v) is 9.70. The molecule has 0 atom stereocenters. The molecule has 3 N–H and O–H groups in total. The molecule has 33 heavy (non-hydrogen) atoms. The topological polar surface area (TPSA) is 109 Å². The Hall–Kier alpha value is -3.13. The van der Waals surface area contributed by atoms with Crippen LogP contribution in [0.15, 0.2) is 36.8 Å². The third kappa shape index (κ3) is 5.45. The van der Waals surface area contributed by atoms with Crippen LogP contribution >= 0.6 is 11.6 Å². The van der Waals surface area contributed by atoms with Crippen molar-refractivity contribution in [3.05, 3.63) is 52.9 Å². The Morgan fingerprint density at radius 1 is 1.06 bits per heavy atom. The van der Waals surface area contributed by atoms with E-state index >= 15 is 0 Å². The molecule has 0 saturated heterocycles. The Kier molecular flexibility index (Phi) is 6.56. The molecule has 2 aromatic heterocycles. The molecule has 1 amide bonds. The third-order valence-electron chi connectivity index (χ3n) is 5.62. The van der Waals surface area contributed by atoms with Gasteiger partial charge in [-0.05, 0) is 58.6 Å². The summed E-state index contributed by atoms with van der Waals surface area (Å²) in [7, 11) is 0. The summed E-state index contributed by atoms with van der Waals surface area (Å²) < 4.78 is 5.36. The standard InChI is InChI=1S/C24H28ClN5O3/c1-24(2,3)33-23(32)30-15-10-8-14(9-11-15)29-22-19-17(12-26-21(19)27-13-28-22)20(31)16-6-4-5-7-18(16)25/h4-7,12-15H,8-11H2,1-3H3,(H,30,32)(H2,26,27,28,29)/t14-,15+. The first-order valence-corrected chi connectivity index (χ1v) is 11.5. The number of nitrogens with one attached hydrogen (secondary N) is 3. The molecule has 0 spiro atoms. The summed E-state index contributed by atoms with van der Waals surface area (Å²) in [6, 6.07) is 7.22. The third-order valence-corrected chi connectivity index (χ3v) is 5.95. The Morgan fingerprint density at radius 3 is 2.45 bits per heavy atom. The van der Waals surface area contributed by atoms with Gasteiger partial charge >= 0.3 is 6.09 Å². The molecule has 1 saturated carbocycles. The van der Waals surface area contributed by atoms with E-state index in [1.165, 1.54) is 6.33 Å². The van der Waals surface area contributed by atoms with E-state index in [0.717, 1.165) is 25.7 Å². The van der Waals surface area contributed by atoms with Gasteiger partial charge in [-0.3, -0.25) is 4.79 Å². The van der Waals surface area contributed by atoms with E-state index in [2.05, 4.69) is 25.6 Å². The molecular formula is C24H28ClN5O3. The van der Waals surface area contributed by atoms with Crippen molar-refractivity contribution in [1.29, 1.82) is 0 Å². The lowest BCUT2D eigenvalue weighted by molar-refractivity contribution is 0.0492. The first-order chi connectivity index (χ1) is 15.7. The number of hydrogen-bond acceptors (Lipinski definition) is 6. The zero-order chi connectivity index (χ0) is 23.6. The van der Waals surface area contributed by atoms with E-state index in [-0.39, 0.29) is 24.0 Å². The van der Waals surface area contributed by atoms with Crippen LogP contribution in [0, 0.1) is 0 Å². The number of halogens is 1. The Bertz CT molecular complexity index is 1160. The van der Waals surface area contributed by atoms with Gasteiger partial charge in [-0.25, -0.2) is 14.8 Å². The molecule has 8 nitrogen and oxygen atoms in total. The molecule has 4 rings (SSSR count). The van der Waals surface area contributed by atoms with Crippen LogP contribution < -0.4 is 10.6 Å². The SMILES string of the molecule is CC(C)(C)OC(=O)N[C@H]1CC[C@@H](Nc2ncnc3[nH]cc(C(=O)c4ccccc4Cl)c23)CC1. The predicted molar refractivity (Wildman–Crippen MR) is 128 cm³/mol. The lowest BCUT2D eigenvalue weighted by Gasteiger charge is -2.30. The minimum Gasteiger partial charge on any atom is -0.444 e. The maximum atomic E-state index is 13.2. The van der Waals surface area contributed by atoms with Gasteiger partial charge in [0.2, 0.25) is 0 Å². The smallest absolute Gasteiger partial charge is 0.407 e. The lowest BCUT2D eigenvalue weighted by atomic mass is 9.91. The average Bonchev–Trinajstić information content (AvgIpc) is 3.19. The highest BCUT2D eigenvalue weighted by Crippen LogP contribution is 2.30. The van der Waals surface area contributed by atoms with Crippen LogP contribution in [0.5, 0.6) is 0 Å². The van der Waals surface area contributed by atoms with Gasteiger partial charge in [0.05, 0.1) is 16.0 Å². The van der Waals surface area contributed by atoms with Crippen LogP contribution in [0.4, 0.5) is 10.6 Å². The molecule has 0 bridgehead atoms. The van der Waals surface area contributed by atoms with Crippen molar-refractivity contribution in [2.75, 3.05) is 5.32 Å². The quantitative estimate of drug-likeness (QED) is 0.449. The fourth-order valence-corrected chi connectivity index (χ4v) is 4.31. The number of H-pyrrole nitrogens is 1. The number of aromatic nitrogens is 3. The second-order valence-electron chi connectivity index (χ2n) is 9.30. The highest BCUT2D eigenvalue weighted by atomic mass is 35.5. The first-order valence-electron chi connectivity index (χ1n) is 11.1. The molecule has 1 fully saturated rings. The Balaban J connectivity index is 1.46. The first kappa shape index (κ1) is 23.0. The number of fused-ring (bicyclic) bond motifs is 1. The van der Waals surface area contributed by atoms with Crippen LogP contribution in [0.3, 0.4) is 0 Å². The zero-order valence-corrected chi connectivity index (χ0v) is 19.7. The van der Waals surface area contributed by atoms with E-state index in [1.807, 2.05) is 20.8 Å². The number of ether oxygens (including phenoxy) is 1. The number of benzene rings is 1. The monoisotopic (exact) mass is 469 g/mol. The molecule has 1 aliphatic carbocycles. The molecule has 2 heterocycles. The second kappa shape index (κ2) is 9.39. The average molecular weight is 470 g/mol. The molecule has 1 aliphatic rings. The van der Waals surface area contributed by atoms with Crippen molar-refractivity contribution in [2.45, 2.75) is 64.1 Å². The number of hydrogen-bond donors (Lipinski definition) is 3. The maximum absolute atomic E-state index is 13.2. The summed E-state index contributed by atoms with van der Waals surface area (Å²) in [5.74, 6) is 0.426. The van der Waals surface area contributed by atoms with Gasteiger partial charge in [0, 0.05) is 23.8 Å². The van der Waals surface area contributed by atoms with Gasteiger partial charge in [-0.15, -0.1) is 0 Å². The molecule has 174 valence electrons. The van der Waals surface area contributed by atoms with E-state index < -0.39 is 5.60 Å². The van der Waals surface area contributed by atoms with Crippen molar-refractivity contribution >= 4 is 40.3 Å². The highest BCUT2D eigenvalue weighted by Gasteiger charge is 2.26. The van der Waals surface area contributed by atoms with Crippen LogP contribution in [-0.4, -0.2) is 44.5 Å². The largest absolute Gasteiger partial charge is 0.444 e. The van der Waals surface area contributed by atoms with Crippen LogP contribution in [0.1, 0.15) is 62.4 Å². The molecule has 0 unspecified atom stereocenters. The summed E-state index contributed by atoms with van der Waals surface area (Å²) in [5, 5.41) is 7.49. The molecule has 1 aromatic carbocycles. The van der Waals surface area contributed by atoms with Gasteiger partial charge in [0.1, 0.15) is 23.4 Å². The van der Waals surface area contributed by atoms with E-state index in [0.29, 0.717) is 33.0 Å². The summed E-state index contributed by atoms with van der Waals surface area (Å²) in [6.07, 6.45) is 6.09. The normalized spacial score (nSPS) is 18.7. The summed E-state index contributed by atoms with van der Waals surface area (Å²) in [6.45, 7) is 5.55. The van der Waals surface area contributed by atoms with Crippen molar-refractivity contribution in [3.63, 3.8) is 0 Å². The van der Waals surface area contributed by atoms with Crippen LogP contribution in [-0.2, 0) is 4.74 Å². The van der Waals surface area contributed by atoms with E-state index in [9.17, 15) is 9.59 Å². The number of ketones is 1. The predicted octanol–water partition coefficient (Wildman–Crippen LogP) is 5.09. The highest BCUT2D eigenvalue weighted by molar-refractivity contribution is 6.35. The molecule has 9 heteroatoms.